The van der Waals surface area contributed by atoms with E-state index in [4.69, 9.17) is 0 Å². The van der Waals surface area contributed by atoms with Crippen molar-refractivity contribution in [2.45, 2.75) is 108 Å². The van der Waals surface area contributed by atoms with Crippen LogP contribution in [-0.2, 0) is 19.6 Å². The van der Waals surface area contributed by atoms with Gasteiger partial charge in [0.15, 0.2) is 0 Å². The van der Waals surface area contributed by atoms with E-state index in [-0.39, 0.29) is 6.42 Å². The van der Waals surface area contributed by atoms with Crippen molar-refractivity contribution in [2.24, 2.45) is 0 Å². The third kappa shape index (κ3) is 12.0. The molecule has 0 aliphatic heterocycles. The van der Waals surface area contributed by atoms with Gasteiger partial charge in [-0.3, -0.25) is 4.79 Å². The standard InChI is InChI=1S/C19H32F6O5S/c1-2-3-4-5-6-7-8-9-10-11-12-13-14-16(26)30-17(18(20,21)22,19(23,24)25)15-31(27,28)29/h2-15H2,1H3,(H,27,28,29)/p-1. The van der Waals surface area contributed by atoms with Gasteiger partial charge in [-0.05, 0) is 6.42 Å². The molecule has 0 bridgehead atoms. The van der Waals surface area contributed by atoms with Crippen LogP contribution in [0.3, 0.4) is 0 Å². The van der Waals surface area contributed by atoms with E-state index in [1.54, 1.807) is 0 Å². The van der Waals surface area contributed by atoms with Crippen LogP contribution in [0.1, 0.15) is 90.4 Å². The molecular weight excluding hydrogens is 454 g/mol. The van der Waals surface area contributed by atoms with Crippen LogP contribution in [0.2, 0.25) is 0 Å². The summed E-state index contributed by atoms with van der Waals surface area (Å²) in [6.07, 6.45) is -2.45. The quantitative estimate of drug-likeness (QED) is 0.115. The molecule has 0 radical (unpaired) electrons. The number of hydrogen-bond acceptors (Lipinski definition) is 5. The Labute approximate surface area is 179 Å². The summed E-state index contributed by atoms with van der Waals surface area (Å²) in [5.41, 5.74) is -5.38. The number of carbonyl (C=O) groups excluding carboxylic acids is 1. The molecule has 0 unspecified atom stereocenters. The van der Waals surface area contributed by atoms with Gasteiger partial charge >= 0.3 is 23.9 Å². The Morgan fingerprint density at radius 3 is 1.42 bits per heavy atom. The summed E-state index contributed by atoms with van der Waals surface area (Å²) in [7, 11) is -6.01. The van der Waals surface area contributed by atoms with Crippen LogP contribution < -0.4 is 0 Å². The first-order valence-electron chi connectivity index (χ1n) is 10.4. The van der Waals surface area contributed by atoms with Crippen LogP contribution >= 0.6 is 0 Å². The van der Waals surface area contributed by atoms with Gasteiger partial charge in [0, 0.05) is 6.42 Å². The Kier molecular flexibility index (Phi) is 13.0. The second-order valence-corrected chi connectivity index (χ2v) is 9.04. The number of esters is 1. The summed E-state index contributed by atoms with van der Waals surface area (Å²) in [5, 5.41) is 0. The number of carbonyl (C=O) groups is 1. The second-order valence-electron chi connectivity index (χ2n) is 7.64. The van der Waals surface area contributed by atoms with Gasteiger partial charge in [-0.25, -0.2) is 8.42 Å². The van der Waals surface area contributed by atoms with Gasteiger partial charge in [0.2, 0.25) is 0 Å². The van der Waals surface area contributed by atoms with Gasteiger partial charge in [-0.2, -0.15) is 26.3 Å². The summed E-state index contributed by atoms with van der Waals surface area (Å²) in [4.78, 5) is 11.6. The number of alkyl halides is 6. The minimum absolute atomic E-state index is 0.00816. The number of ether oxygens (including phenoxy) is 1. The number of unbranched alkanes of at least 4 members (excludes halogenated alkanes) is 11. The lowest BCUT2D eigenvalue weighted by Gasteiger charge is -2.36. The zero-order chi connectivity index (χ0) is 24.2. The Bertz CT molecular complexity index is 602. The fourth-order valence-electron chi connectivity index (χ4n) is 3.07. The van der Waals surface area contributed by atoms with E-state index >= 15 is 0 Å². The summed E-state index contributed by atoms with van der Waals surface area (Å²) in [6.45, 7) is 2.14. The van der Waals surface area contributed by atoms with E-state index in [1.807, 2.05) is 0 Å². The maximum atomic E-state index is 13.0. The van der Waals surface area contributed by atoms with Crippen LogP contribution in [0.5, 0.6) is 0 Å². The number of halogens is 6. The summed E-state index contributed by atoms with van der Waals surface area (Å²) in [5.74, 6) is -4.82. The molecule has 5 nitrogen and oxygen atoms in total. The maximum Gasteiger partial charge on any atom is 0.438 e. The molecule has 186 valence electrons. The van der Waals surface area contributed by atoms with Gasteiger partial charge in [0.05, 0.1) is 15.9 Å². The second kappa shape index (κ2) is 13.5. The van der Waals surface area contributed by atoms with E-state index in [9.17, 15) is 44.1 Å². The highest BCUT2D eigenvalue weighted by Crippen LogP contribution is 2.47. The Morgan fingerprint density at radius 2 is 1.10 bits per heavy atom. The number of rotatable bonds is 16. The van der Waals surface area contributed by atoms with E-state index < -0.39 is 46.2 Å². The molecule has 0 aromatic rings. The highest BCUT2D eigenvalue weighted by molar-refractivity contribution is 7.85. The van der Waals surface area contributed by atoms with E-state index in [1.165, 1.54) is 25.7 Å². The maximum absolute atomic E-state index is 13.0. The third-order valence-electron chi connectivity index (χ3n) is 4.82. The molecule has 0 heterocycles. The van der Waals surface area contributed by atoms with E-state index in [0.29, 0.717) is 12.8 Å². The summed E-state index contributed by atoms with van der Waals surface area (Å²) < 4.78 is 114. The molecule has 0 aromatic carbocycles. The molecule has 0 aliphatic rings. The molecule has 0 N–H and O–H groups in total. The molecule has 0 fully saturated rings. The fourth-order valence-corrected chi connectivity index (χ4v) is 3.96. The minimum atomic E-state index is -6.32. The molecule has 0 saturated carbocycles. The van der Waals surface area contributed by atoms with Gasteiger partial charge in [0.25, 0.3) is 0 Å². The largest absolute Gasteiger partial charge is 0.748 e. The van der Waals surface area contributed by atoms with Crippen molar-refractivity contribution >= 4 is 16.1 Å². The smallest absolute Gasteiger partial charge is 0.438 e. The molecular formula is C19H31F6O5S-. The van der Waals surface area contributed by atoms with Gasteiger partial charge in [-0.15, -0.1) is 0 Å². The topological polar surface area (TPSA) is 83.5 Å². The highest BCUT2D eigenvalue weighted by Gasteiger charge is 2.75. The molecule has 0 aromatic heterocycles. The van der Waals surface area contributed by atoms with E-state index in [2.05, 4.69) is 11.7 Å². The minimum Gasteiger partial charge on any atom is -0.748 e. The third-order valence-corrected chi connectivity index (χ3v) is 5.58. The van der Waals surface area contributed by atoms with Crippen molar-refractivity contribution in [3.8, 4) is 0 Å². The summed E-state index contributed by atoms with van der Waals surface area (Å²) in [6, 6.07) is 0. The monoisotopic (exact) mass is 485 g/mol. The lowest BCUT2D eigenvalue weighted by molar-refractivity contribution is -0.361. The first-order valence-corrected chi connectivity index (χ1v) is 12.0. The molecule has 0 atom stereocenters. The molecule has 0 aliphatic carbocycles. The fraction of sp³-hybridized carbons (Fsp3) is 0.947. The van der Waals surface area contributed by atoms with Gasteiger partial charge in [-0.1, -0.05) is 77.6 Å². The van der Waals surface area contributed by atoms with Crippen molar-refractivity contribution in [3.63, 3.8) is 0 Å². The number of hydrogen-bond donors (Lipinski definition) is 0. The van der Waals surface area contributed by atoms with Crippen molar-refractivity contribution < 1.29 is 48.8 Å². The first kappa shape index (κ1) is 30.0. The Balaban J connectivity index is 4.42. The van der Waals surface area contributed by atoms with Crippen LogP contribution in [0.15, 0.2) is 0 Å². The molecule has 0 rings (SSSR count). The predicted molar refractivity (Wildman–Crippen MR) is 101 cm³/mol. The van der Waals surface area contributed by atoms with Gasteiger partial charge < -0.3 is 9.29 Å². The normalized spacial score (nSPS) is 13.4. The molecule has 31 heavy (non-hydrogen) atoms. The van der Waals surface area contributed by atoms with Crippen molar-refractivity contribution in [1.82, 2.24) is 0 Å². The zero-order valence-corrected chi connectivity index (χ0v) is 18.4. The lowest BCUT2D eigenvalue weighted by atomic mass is 10.0. The SMILES string of the molecule is CCCCCCCCCCCCCCC(=O)OC(CS(=O)(=O)[O-])(C(F)(F)F)C(F)(F)F. The van der Waals surface area contributed by atoms with E-state index in [0.717, 1.165) is 32.1 Å². The van der Waals surface area contributed by atoms with Crippen molar-refractivity contribution in [2.75, 3.05) is 5.75 Å². The highest BCUT2D eigenvalue weighted by atomic mass is 32.2. The molecule has 0 saturated heterocycles. The average Bonchev–Trinajstić information content (AvgIpc) is 2.59. The molecule has 0 amide bonds. The Morgan fingerprint density at radius 1 is 0.742 bits per heavy atom. The summed E-state index contributed by atoms with van der Waals surface area (Å²) >= 11 is 0. The van der Waals surface area contributed by atoms with Crippen LogP contribution in [0.25, 0.3) is 0 Å². The zero-order valence-electron chi connectivity index (χ0n) is 17.6. The lowest BCUT2D eigenvalue weighted by Crippen LogP contribution is -2.63. The molecule has 12 heteroatoms. The predicted octanol–water partition coefficient (Wildman–Crippen LogP) is 6.03. The van der Waals surface area contributed by atoms with Crippen LogP contribution in [0.4, 0.5) is 26.3 Å². The average molecular weight is 486 g/mol. The van der Waals surface area contributed by atoms with Crippen molar-refractivity contribution in [1.29, 1.82) is 0 Å². The molecule has 0 spiro atoms. The van der Waals surface area contributed by atoms with Gasteiger partial charge in [0.1, 0.15) is 0 Å². The Hall–Kier alpha value is -1.04. The van der Waals surface area contributed by atoms with Crippen LogP contribution in [0, 0.1) is 0 Å². The first-order chi connectivity index (χ1) is 14.2. The van der Waals surface area contributed by atoms with Crippen LogP contribution in [-0.4, -0.2) is 42.6 Å². The van der Waals surface area contributed by atoms with Crippen molar-refractivity contribution in [3.05, 3.63) is 0 Å².